The van der Waals surface area contributed by atoms with E-state index in [-0.39, 0.29) is 11.3 Å². The Kier molecular flexibility index (Phi) is 6.65. The predicted molar refractivity (Wildman–Crippen MR) is 69.4 cm³/mol. The van der Waals surface area contributed by atoms with Gasteiger partial charge in [0.1, 0.15) is 0 Å². The van der Waals surface area contributed by atoms with Gasteiger partial charge in [0.15, 0.2) is 0 Å². The van der Waals surface area contributed by atoms with E-state index < -0.39 is 0 Å². The van der Waals surface area contributed by atoms with E-state index in [4.69, 9.17) is 0 Å². The molecule has 0 aromatic carbocycles. The molecule has 0 aromatic rings. The maximum absolute atomic E-state index is 11.6. The van der Waals surface area contributed by atoms with Gasteiger partial charge >= 0.3 is 0 Å². The molecule has 0 spiro atoms. The standard InChI is InChI=1S/C13H28N2O/c1-7-11(4)14-8-12(16)15-9-13(5,6)10(2)3/h10-11,14H,7-9H2,1-6H3,(H,15,16). The van der Waals surface area contributed by atoms with Crippen LogP contribution in [0.15, 0.2) is 0 Å². The highest BCUT2D eigenvalue weighted by Gasteiger charge is 2.22. The van der Waals surface area contributed by atoms with Gasteiger partial charge in [0.25, 0.3) is 0 Å². The summed E-state index contributed by atoms with van der Waals surface area (Å²) in [4.78, 5) is 11.6. The molecule has 0 fully saturated rings. The van der Waals surface area contributed by atoms with Crippen molar-refractivity contribution in [2.24, 2.45) is 11.3 Å². The van der Waals surface area contributed by atoms with E-state index >= 15 is 0 Å². The van der Waals surface area contributed by atoms with E-state index in [1.165, 1.54) is 0 Å². The maximum Gasteiger partial charge on any atom is 0.233 e. The van der Waals surface area contributed by atoms with Gasteiger partial charge in [0.05, 0.1) is 6.54 Å². The van der Waals surface area contributed by atoms with Crippen molar-refractivity contribution in [1.82, 2.24) is 10.6 Å². The number of hydrogen-bond acceptors (Lipinski definition) is 2. The average molecular weight is 228 g/mol. The Bertz CT molecular complexity index is 212. The maximum atomic E-state index is 11.6. The van der Waals surface area contributed by atoms with Crippen LogP contribution in [0.5, 0.6) is 0 Å². The van der Waals surface area contributed by atoms with Crippen molar-refractivity contribution in [3.05, 3.63) is 0 Å². The van der Waals surface area contributed by atoms with Crippen LogP contribution in [0.4, 0.5) is 0 Å². The fraction of sp³-hybridized carbons (Fsp3) is 0.923. The summed E-state index contributed by atoms with van der Waals surface area (Å²) in [5, 5.41) is 6.17. The summed E-state index contributed by atoms with van der Waals surface area (Å²) in [6.45, 7) is 14.1. The minimum absolute atomic E-state index is 0.0917. The first kappa shape index (κ1) is 15.4. The van der Waals surface area contributed by atoms with Gasteiger partial charge < -0.3 is 10.6 Å². The van der Waals surface area contributed by atoms with E-state index in [0.29, 0.717) is 18.5 Å². The molecule has 0 heterocycles. The minimum Gasteiger partial charge on any atom is -0.354 e. The molecule has 1 atom stereocenters. The molecule has 0 saturated heterocycles. The quantitative estimate of drug-likeness (QED) is 0.701. The Balaban J connectivity index is 3.82. The Labute approximate surface area is 100 Å². The molecule has 16 heavy (non-hydrogen) atoms. The number of carbonyl (C=O) groups is 1. The molecule has 2 N–H and O–H groups in total. The van der Waals surface area contributed by atoms with Crippen LogP contribution in [0.1, 0.15) is 48.0 Å². The molecule has 0 aliphatic heterocycles. The first-order valence-electron chi connectivity index (χ1n) is 6.29. The van der Waals surface area contributed by atoms with Gasteiger partial charge in [-0.15, -0.1) is 0 Å². The monoisotopic (exact) mass is 228 g/mol. The molecule has 1 amide bonds. The molecule has 1 unspecified atom stereocenters. The molecule has 0 saturated carbocycles. The van der Waals surface area contributed by atoms with Gasteiger partial charge in [-0.1, -0.05) is 34.6 Å². The zero-order chi connectivity index (χ0) is 12.8. The van der Waals surface area contributed by atoms with Crippen LogP contribution in [-0.4, -0.2) is 25.0 Å². The zero-order valence-corrected chi connectivity index (χ0v) is 11.7. The van der Waals surface area contributed by atoms with Crippen molar-refractivity contribution in [3.63, 3.8) is 0 Å². The fourth-order valence-electron chi connectivity index (χ4n) is 1.00. The van der Waals surface area contributed by atoms with E-state index in [1.54, 1.807) is 0 Å². The number of rotatable bonds is 7. The summed E-state index contributed by atoms with van der Waals surface area (Å²) in [5.41, 5.74) is 0.159. The summed E-state index contributed by atoms with van der Waals surface area (Å²) < 4.78 is 0. The van der Waals surface area contributed by atoms with Crippen molar-refractivity contribution in [1.29, 1.82) is 0 Å². The third-order valence-electron chi connectivity index (χ3n) is 3.53. The van der Waals surface area contributed by atoms with Crippen LogP contribution >= 0.6 is 0 Å². The van der Waals surface area contributed by atoms with E-state index in [9.17, 15) is 4.79 Å². The third kappa shape index (κ3) is 6.11. The van der Waals surface area contributed by atoms with Crippen molar-refractivity contribution in [2.45, 2.75) is 54.0 Å². The van der Waals surface area contributed by atoms with E-state index in [0.717, 1.165) is 13.0 Å². The van der Waals surface area contributed by atoms with Gasteiger partial charge in [0.2, 0.25) is 5.91 Å². The summed E-state index contributed by atoms with van der Waals surface area (Å²) in [6.07, 6.45) is 1.05. The van der Waals surface area contributed by atoms with E-state index in [2.05, 4.69) is 52.2 Å². The molecule has 0 aliphatic carbocycles. The van der Waals surface area contributed by atoms with Crippen LogP contribution in [0, 0.1) is 11.3 Å². The molecule has 0 aliphatic rings. The van der Waals surface area contributed by atoms with Crippen molar-refractivity contribution < 1.29 is 4.79 Å². The molecule has 0 aromatic heterocycles. The lowest BCUT2D eigenvalue weighted by atomic mass is 9.81. The lowest BCUT2D eigenvalue weighted by molar-refractivity contribution is -0.120. The number of carbonyl (C=O) groups excluding carboxylic acids is 1. The molecule has 0 radical (unpaired) electrons. The first-order valence-corrected chi connectivity index (χ1v) is 6.29. The Morgan fingerprint density at radius 2 is 1.81 bits per heavy atom. The van der Waals surface area contributed by atoms with Gasteiger partial charge in [0, 0.05) is 12.6 Å². The first-order chi connectivity index (χ1) is 7.29. The van der Waals surface area contributed by atoms with Gasteiger partial charge in [-0.3, -0.25) is 4.79 Å². The van der Waals surface area contributed by atoms with Gasteiger partial charge in [-0.25, -0.2) is 0 Å². The number of amides is 1. The normalized spacial score (nSPS) is 13.9. The highest BCUT2D eigenvalue weighted by atomic mass is 16.1. The number of hydrogen-bond donors (Lipinski definition) is 2. The van der Waals surface area contributed by atoms with Gasteiger partial charge in [-0.2, -0.15) is 0 Å². The van der Waals surface area contributed by atoms with Crippen LogP contribution in [0.25, 0.3) is 0 Å². The number of nitrogens with one attached hydrogen (secondary N) is 2. The lowest BCUT2D eigenvalue weighted by Gasteiger charge is -2.29. The Morgan fingerprint density at radius 3 is 2.25 bits per heavy atom. The molecule has 96 valence electrons. The summed E-state index contributed by atoms with van der Waals surface area (Å²) >= 11 is 0. The van der Waals surface area contributed by atoms with E-state index in [1.807, 2.05) is 0 Å². The second-order valence-corrected chi connectivity index (χ2v) is 5.61. The Morgan fingerprint density at radius 1 is 1.25 bits per heavy atom. The second kappa shape index (κ2) is 6.89. The summed E-state index contributed by atoms with van der Waals surface area (Å²) in [5.74, 6) is 0.657. The SMILES string of the molecule is CCC(C)NCC(=O)NCC(C)(C)C(C)C. The van der Waals surface area contributed by atoms with Crippen LogP contribution < -0.4 is 10.6 Å². The topological polar surface area (TPSA) is 41.1 Å². The molecule has 3 nitrogen and oxygen atoms in total. The van der Waals surface area contributed by atoms with Crippen molar-refractivity contribution in [3.8, 4) is 0 Å². The lowest BCUT2D eigenvalue weighted by Crippen LogP contribution is -2.42. The summed E-state index contributed by atoms with van der Waals surface area (Å²) in [6, 6.07) is 0.406. The highest BCUT2D eigenvalue weighted by Crippen LogP contribution is 2.24. The molecular formula is C13H28N2O. The largest absolute Gasteiger partial charge is 0.354 e. The average Bonchev–Trinajstić information content (AvgIpc) is 2.22. The van der Waals surface area contributed by atoms with Gasteiger partial charge in [-0.05, 0) is 24.7 Å². The Hall–Kier alpha value is -0.570. The second-order valence-electron chi connectivity index (χ2n) is 5.61. The van der Waals surface area contributed by atoms with Crippen LogP contribution in [-0.2, 0) is 4.79 Å². The fourth-order valence-corrected chi connectivity index (χ4v) is 1.00. The zero-order valence-electron chi connectivity index (χ0n) is 11.7. The van der Waals surface area contributed by atoms with Crippen LogP contribution in [0.3, 0.4) is 0 Å². The smallest absolute Gasteiger partial charge is 0.233 e. The summed E-state index contributed by atoms with van der Waals surface area (Å²) in [7, 11) is 0. The molecule has 0 bridgehead atoms. The van der Waals surface area contributed by atoms with Crippen molar-refractivity contribution in [2.75, 3.05) is 13.1 Å². The molecule has 3 heteroatoms. The molecular weight excluding hydrogens is 200 g/mol. The highest BCUT2D eigenvalue weighted by molar-refractivity contribution is 5.78. The van der Waals surface area contributed by atoms with Crippen molar-refractivity contribution >= 4 is 5.91 Å². The predicted octanol–water partition coefficient (Wildman–Crippen LogP) is 2.17. The third-order valence-corrected chi connectivity index (χ3v) is 3.53. The van der Waals surface area contributed by atoms with Crippen LogP contribution in [0.2, 0.25) is 0 Å². The minimum atomic E-state index is 0.0917. The molecule has 0 rings (SSSR count).